The molecule has 1 aromatic heterocycles. The van der Waals surface area contributed by atoms with Gasteiger partial charge in [0.05, 0.1) is 25.1 Å². The first kappa shape index (κ1) is 22.5. The van der Waals surface area contributed by atoms with E-state index in [9.17, 15) is 4.39 Å². The Labute approximate surface area is 182 Å². The molecule has 0 spiro atoms. The summed E-state index contributed by atoms with van der Waals surface area (Å²) in [6, 6.07) is 10.8. The number of nitrogens with one attached hydrogen (secondary N) is 1. The fourth-order valence-corrected chi connectivity index (χ4v) is 3.13. The van der Waals surface area contributed by atoms with Gasteiger partial charge in [-0.1, -0.05) is 12.1 Å². The summed E-state index contributed by atoms with van der Waals surface area (Å²) in [7, 11) is 1.67. The van der Waals surface area contributed by atoms with E-state index in [0.717, 1.165) is 50.9 Å². The van der Waals surface area contributed by atoms with Crippen molar-refractivity contribution in [2.75, 3.05) is 57.9 Å². The molecule has 0 saturated carbocycles. The molecule has 1 aliphatic heterocycles. The molecule has 2 aromatic rings. The summed E-state index contributed by atoms with van der Waals surface area (Å²) < 4.78 is 24.5. The number of benzene rings is 1. The number of guanidine groups is 1. The first-order chi connectivity index (χ1) is 13.3. The van der Waals surface area contributed by atoms with Gasteiger partial charge in [-0.25, -0.2) is 4.39 Å². The monoisotopic (exact) mass is 502 g/mol. The van der Waals surface area contributed by atoms with Gasteiger partial charge in [-0.3, -0.25) is 4.99 Å². The maximum atomic E-state index is 14.0. The molecule has 28 heavy (non-hydrogen) atoms. The van der Waals surface area contributed by atoms with E-state index < -0.39 is 0 Å². The highest BCUT2D eigenvalue weighted by molar-refractivity contribution is 14.0. The fourth-order valence-electron chi connectivity index (χ4n) is 3.13. The minimum atomic E-state index is -0.170. The SMILES string of the molecule is COCCN=C(NCCc1ccco1)N1CCN(c2ccccc2F)CC1.I. The van der Waals surface area contributed by atoms with E-state index >= 15 is 0 Å². The van der Waals surface area contributed by atoms with Crippen LogP contribution in [0.4, 0.5) is 10.1 Å². The summed E-state index contributed by atoms with van der Waals surface area (Å²) in [5, 5.41) is 3.42. The molecule has 1 fully saturated rings. The molecule has 1 aliphatic rings. The Balaban J connectivity index is 0.00000280. The van der Waals surface area contributed by atoms with Crippen molar-refractivity contribution in [1.82, 2.24) is 10.2 Å². The molecule has 1 saturated heterocycles. The van der Waals surface area contributed by atoms with Gasteiger partial charge in [-0.2, -0.15) is 0 Å². The maximum Gasteiger partial charge on any atom is 0.194 e. The standard InChI is InChI=1S/C20H27FN4O2.HI/c1-26-16-10-23-20(22-9-8-17-5-4-15-27-17)25-13-11-24(12-14-25)19-7-3-2-6-18(19)21;/h2-7,15H,8-14,16H2,1H3,(H,22,23);1H. The number of nitrogens with zero attached hydrogens (tertiary/aromatic N) is 3. The van der Waals surface area contributed by atoms with E-state index in [0.29, 0.717) is 18.8 Å². The number of methoxy groups -OCH3 is 1. The number of rotatable bonds is 7. The predicted molar refractivity (Wildman–Crippen MR) is 120 cm³/mol. The molecule has 0 amide bonds. The van der Waals surface area contributed by atoms with Crippen LogP contribution in [-0.4, -0.2) is 63.8 Å². The molecule has 0 aliphatic carbocycles. The van der Waals surface area contributed by atoms with Gasteiger partial charge in [-0.15, -0.1) is 24.0 Å². The van der Waals surface area contributed by atoms with Crippen LogP contribution in [0.2, 0.25) is 0 Å². The average Bonchev–Trinajstić information content (AvgIpc) is 3.21. The summed E-state index contributed by atoms with van der Waals surface area (Å²) in [5.41, 5.74) is 0.667. The van der Waals surface area contributed by atoms with Crippen LogP contribution in [0.25, 0.3) is 0 Å². The smallest absolute Gasteiger partial charge is 0.194 e. The second-order valence-corrected chi connectivity index (χ2v) is 6.38. The van der Waals surface area contributed by atoms with Crippen molar-refractivity contribution >= 4 is 35.6 Å². The van der Waals surface area contributed by atoms with Gasteiger partial charge < -0.3 is 24.3 Å². The maximum absolute atomic E-state index is 14.0. The summed E-state index contributed by atoms with van der Waals surface area (Å²) in [4.78, 5) is 8.96. The van der Waals surface area contributed by atoms with Gasteiger partial charge in [0.1, 0.15) is 11.6 Å². The summed E-state index contributed by atoms with van der Waals surface area (Å²) >= 11 is 0. The topological polar surface area (TPSA) is 53.2 Å². The van der Waals surface area contributed by atoms with E-state index in [1.54, 1.807) is 19.4 Å². The highest BCUT2D eigenvalue weighted by Crippen LogP contribution is 2.20. The van der Waals surface area contributed by atoms with Crippen LogP contribution in [0.3, 0.4) is 0 Å². The van der Waals surface area contributed by atoms with E-state index in [1.807, 2.05) is 24.3 Å². The number of hydrogen-bond donors (Lipinski definition) is 1. The Bertz CT molecular complexity index is 719. The number of ether oxygens (including phenoxy) is 1. The molecule has 8 heteroatoms. The van der Waals surface area contributed by atoms with Gasteiger partial charge in [0.2, 0.25) is 0 Å². The van der Waals surface area contributed by atoms with E-state index in [2.05, 4.69) is 20.1 Å². The second kappa shape index (κ2) is 11.9. The van der Waals surface area contributed by atoms with Crippen LogP contribution in [0.1, 0.15) is 5.76 Å². The first-order valence-corrected chi connectivity index (χ1v) is 9.32. The van der Waals surface area contributed by atoms with Crippen molar-refractivity contribution in [3.63, 3.8) is 0 Å². The molecule has 2 heterocycles. The first-order valence-electron chi connectivity index (χ1n) is 9.32. The molecule has 6 nitrogen and oxygen atoms in total. The number of piperazine rings is 1. The van der Waals surface area contributed by atoms with Crippen molar-refractivity contribution in [1.29, 1.82) is 0 Å². The molecule has 0 atom stereocenters. The Morgan fingerprint density at radius 3 is 2.64 bits per heavy atom. The summed E-state index contributed by atoms with van der Waals surface area (Å²) in [6.45, 7) is 5.01. The largest absolute Gasteiger partial charge is 0.469 e. The number of aliphatic imine (C=N–C) groups is 1. The van der Waals surface area contributed by atoms with E-state index in [-0.39, 0.29) is 29.8 Å². The third-order valence-corrected chi connectivity index (χ3v) is 4.56. The molecule has 0 unspecified atom stereocenters. The number of hydrogen-bond acceptors (Lipinski definition) is 4. The van der Waals surface area contributed by atoms with Crippen LogP contribution in [0.5, 0.6) is 0 Å². The zero-order valence-electron chi connectivity index (χ0n) is 16.1. The third-order valence-electron chi connectivity index (χ3n) is 4.56. The normalized spacial score (nSPS) is 14.7. The zero-order chi connectivity index (χ0) is 18.9. The molecule has 1 aromatic carbocycles. The van der Waals surface area contributed by atoms with E-state index in [1.165, 1.54) is 6.07 Å². The summed E-state index contributed by atoms with van der Waals surface area (Å²) in [6.07, 6.45) is 2.48. The van der Waals surface area contributed by atoms with Gasteiger partial charge in [0, 0.05) is 46.3 Å². The lowest BCUT2D eigenvalue weighted by Crippen LogP contribution is -2.53. The van der Waals surface area contributed by atoms with Crippen LogP contribution in [0.15, 0.2) is 52.1 Å². The Kier molecular flexibility index (Phi) is 9.56. The minimum absolute atomic E-state index is 0. The second-order valence-electron chi connectivity index (χ2n) is 6.38. The highest BCUT2D eigenvalue weighted by atomic mass is 127. The number of para-hydroxylation sites is 1. The zero-order valence-corrected chi connectivity index (χ0v) is 18.5. The lowest BCUT2D eigenvalue weighted by molar-refractivity contribution is 0.207. The Morgan fingerprint density at radius 2 is 1.96 bits per heavy atom. The van der Waals surface area contributed by atoms with Gasteiger partial charge >= 0.3 is 0 Å². The van der Waals surface area contributed by atoms with Crippen molar-refractivity contribution in [2.45, 2.75) is 6.42 Å². The van der Waals surface area contributed by atoms with Crippen molar-refractivity contribution in [2.24, 2.45) is 4.99 Å². The third kappa shape index (κ3) is 6.37. The van der Waals surface area contributed by atoms with Crippen LogP contribution in [-0.2, 0) is 11.2 Å². The summed E-state index contributed by atoms with van der Waals surface area (Å²) in [5.74, 6) is 1.64. The lowest BCUT2D eigenvalue weighted by Gasteiger charge is -2.37. The van der Waals surface area contributed by atoms with Crippen LogP contribution in [0, 0.1) is 5.82 Å². The van der Waals surface area contributed by atoms with Crippen LogP contribution < -0.4 is 10.2 Å². The molecular weight excluding hydrogens is 474 g/mol. The Morgan fingerprint density at radius 1 is 1.18 bits per heavy atom. The van der Waals surface area contributed by atoms with Crippen LogP contribution >= 0.6 is 24.0 Å². The van der Waals surface area contributed by atoms with Gasteiger partial charge in [-0.05, 0) is 24.3 Å². The highest BCUT2D eigenvalue weighted by Gasteiger charge is 2.21. The van der Waals surface area contributed by atoms with Crippen molar-refractivity contribution in [3.8, 4) is 0 Å². The van der Waals surface area contributed by atoms with Gasteiger partial charge in [0.15, 0.2) is 5.96 Å². The fraction of sp³-hybridized carbons (Fsp3) is 0.450. The molecule has 3 rings (SSSR count). The van der Waals surface area contributed by atoms with E-state index in [4.69, 9.17) is 9.15 Å². The molecular formula is C20H28FIN4O2. The number of halogens is 2. The minimum Gasteiger partial charge on any atom is -0.469 e. The molecule has 154 valence electrons. The Hall–Kier alpha value is -1.81. The molecule has 0 bridgehead atoms. The number of anilines is 1. The predicted octanol–water partition coefficient (Wildman–Crippen LogP) is 2.99. The number of furan rings is 1. The quantitative estimate of drug-likeness (QED) is 0.273. The molecule has 1 N–H and O–H groups in total. The molecule has 0 radical (unpaired) electrons. The van der Waals surface area contributed by atoms with Crippen molar-refractivity contribution < 1.29 is 13.5 Å². The van der Waals surface area contributed by atoms with Crippen molar-refractivity contribution in [3.05, 3.63) is 54.2 Å². The lowest BCUT2D eigenvalue weighted by atomic mass is 10.2. The average molecular weight is 502 g/mol. The van der Waals surface area contributed by atoms with Gasteiger partial charge in [0.25, 0.3) is 0 Å².